The van der Waals surface area contributed by atoms with Crippen LogP contribution in [-0.4, -0.2) is 11.8 Å². The van der Waals surface area contributed by atoms with E-state index in [0.29, 0.717) is 34.8 Å². The van der Waals surface area contributed by atoms with E-state index < -0.39 is 0 Å². The minimum Gasteiger partial charge on any atom is -0.423 e. The van der Waals surface area contributed by atoms with E-state index in [1.165, 1.54) is 11.1 Å². The van der Waals surface area contributed by atoms with Crippen LogP contribution in [0.4, 0.5) is 0 Å². The van der Waals surface area contributed by atoms with Gasteiger partial charge in [-0.05, 0) is 108 Å². The third-order valence-corrected chi connectivity index (χ3v) is 8.65. The molecule has 3 aliphatic carbocycles. The number of hydrogen-bond donors (Lipinski definition) is 0. The molecule has 2 saturated carbocycles. The number of Topliss-reactive ketones (excluding diaryl/α,β-unsaturated/α-hetero) is 1. The van der Waals surface area contributed by atoms with Crippen molar-refractivity contribution in [2.45, 2.75) is 51.4 Å². The molecule has 4 heteroatoms. The predicted molar refractivity (Wildman–Crippen MR) is 120 cm³/mol. The van der Waals surface area contributed by atoms with Crippen molar-refractivity contribution in [1.29, 1.82) is 0 Å². The van der Waals surface area contributed by atoms with Gasteiger partial charge in [0.2, 0.25) is 0 Å². The lowest BCUT2D eigenvalue weighted by Gasteiger charge is -2.48. The van der Waals surface area contributed by atoms with Gasteiger partial charge in [-0.2, -0.15) is 0 Å². The number of halogens is 1. The molecule has 3 aliphatic rings. The molecule has 3 nitrogen and oxygen atoms in total. The molecule has 5 rings (SSSR count). The Morgan fingerprint density at radius 2 is 1.93 bits per heavy atom. The van der Waals surface area contributed by atoms with Crippen LogP contribution in [0.25, 0.3) is 0 Å². The van der Waals surface area contributed by atoms with Crippen LogP contribution >= 0.6 is 22.6 Å². The van der Waals surface area contributed by atoms with Crippen molar-refractivity contribution >= 4 is 34.3 Å². The molecule has 0 heterocycles. The molecule has 0 bridgehead atoms. The molecule has 0 N–H and O–H groups in total. The van der Waals surface area contributed by atoms with Crippen molar-refractivity contribution in [3.63, 3.8) is 0 Å². The van der Waals surface area contributed by atoms with Gasteiger partial charge in [0.1, 0.15) is 11.5 Å². The Kier molecular flexibility index (Phi) is 4.80. The summed E-state index contributed by atoms with van der Waals surface area (Å²) in [4.78, 5) is 25.1. The lowest BCUT2D eigenvalue weighted by Crippen LogP contribution is -2.42. The number of benzene rings is 2. The zero-order valence-corrected chi connectivity index (χ0v) is 18.8. The Bertz CT molecular complexity index is 997. The van der Waals surface area contributed by atoms with Gasteiger partial charge in [-0.15, -0.1) is 0 Å². The molecule has 0 amide bonds. The Morgan fingerprint density at radius 3 is 2.76 bits per heavy atom. The molecular formula is C25H25IO3. The Balaban J connectivity index is 1.38. The summed E-state index contributed by atoms with van der Waals surface area (Å²) < 4.78 is 6.59. The summed E-state index contributed by atoms with van der Waals surface area (Å²) in [7, 11) is 0. The summed E-state index contributed by atoms with van der Waals surface area (Å²) >= 11 is 2.16. The highest BCUT2D eigenvalue weighted by molar-refractivity contribution is 14.1. The fraction of sp³-hybridized carbons (Fsp3) is 0.440. The molecule has 4 atom stereocenters. The largest absolute Gasteiger partial charge is 0.423 e. The maximum atomic E-state index is 12.6. The number of carbonyl (C=O) groups excluding carboxylic acids is 2. The predicted octanol–water partition coefficient (Wildman–Crippen LogP) is 5.94. The molecule has 2 aromatic carbocycles. The highest BCUT2D eigenvalue weighted by Crippen LogP contribution is 2.59. The normalized spacial score (nSPS) is 30.3. The summed E-state index contributed by atoms with van der Waals surface area (Å²) in [6, 6.07) is 13.7. The van der Waals surface area contributed by atoms with Gasteiger partial charge in [-0.25, -0.2) is 4.79 Å². The van der Waals surface area contributed by atoms with Crippen LogP contribution in [0.15, 0.2) is 42.5 Å². The smallest absolute Gasteiger partial charge is 0.344 e. The van der Waals surface area contributed by atoms with E-state index in [0.717, 1.165) is 42.1 Å². The summed E-state index contributed by atoms with van der Waals surface area (Å²) in [5.74, 6) is 2.52. The fourth-order valence-corrected chi connectivity index (χ4v) is 6.79. The first kappa shape index (κ1) is 19.3. The van der Waals surface area contributed by atoms with Crippen molar-refractivity contribution in [3.05, 3.63) is 62.7 Å². The topological polar surface area (TPSA) is 43.4 Å². The van der Waals surface area contributed by atoms with Gasteiger partial charge >= 0.3 is 5.97 Å². The highest BCUT2D eigenvalue weighted by Gasteiger charge is 2.54. The number of aryl methyl sites for hydroxylation is 1. The molecule has 150 valence electrons. The summed E-state index contributed by atoms with van der Waals surface area (Å²) in [6.45, 7) is 2.21. The first-order chi connectivity index (χ1) is 14.0. The number of ketones is 1. The second-order valence-electron chi connectivity index (χ2n) is 9.06. The number of esters is 1. The minimum atomic E-state index is -0.304. The highest BCUT2D eigenvalue weighted by atomic mass is 127. The van der Waals surface area contributed by atoms with Crippen molar-refractivity contribution < 1.29 is 14.3 Å². The quantitative estimate of drug-likeness (QED) is 0.292. The molecule has 2 aromatic rings. The van der Waals surface area contributed by atoms with Gasteiger partial charge in [0.15, 0.2) is 0 Å². The Labute approximate surface area is 185 Å². The van der Waals surface area contributed by atoms with E-state index in [-0.39, 0.29) is 11.4 Å². The number of rotatable bonds is 2. The molecule has 29 heavy (non-hydrogen) atoms. The first-order valence-electron chi connectivity index (χ1n) is 10.6. The zero-order valence-electron chi connectivity index (χ0n) is 16.6. The second-order valence-corrected chi connectivity index (χ2v) is 10.2. The standard InChI is InChI=1S/C25H25IO3/c1-25-13-12-18-17-9-7-16(29-24(28)20-4-2-3-5-22(20)26)14-15(17)6-8-19(18)21(25)10-11-23(25)27/h2-5,7,9,14,18-19,21H,6,8,10-13H2,1H3. The third-order valence-electron chi connectivity index (χ3n) is 7.71. The van der Waals surface area contributed by atoms with Crippen LogP contribution in [0.5, 0.6) is 5.75 Å². The van der Waals surface area contributed by atoms with E-state index in [9.17, 15) is 9.59 Å². The fourth-order valence-electron chi connectivity index (χ4n) is 6.18. The van der Waals surface area contributed by atoms with Crippen molar-refractivity contribution in [2.24, 2.45) is 17.3 Å². The summed E-state index contributed by atoms with van der Waals surface area (Å²) in [5.41, 5.74) is 3.24. The van der Waals surface area contributed by atoms with Gasteiger partial charge < -0.3 is 4.74 Å². The summed E-state index contributed by atoms with van der Waals surface area (Å²) in [6.07, 6.45) is 6.09. The molecule has 0 saturated heterocycles. The number of ether oxygens (including phenoxy) is 1. The lowest BCUT2D eigenvalue weighted by atomic mass is 9.55. The number of hydrogen-bond acceptors (Lipinski definition) is 3. The van der Waals surface area contributed by atoms with Crippen molar-refractivity contribution in [1.82, 2.24) is 0 Å². The number of fused-ring (bicyclic) bond motifs is 5. The minimum absolute atomic E-state index is 0.0824. The second kappa shape index (κ2) is 7.22. The van der Waals surface area contributed by atoms with Crippen LogP contribution in [-0.2, 0) is 11.2 Å². The zero-order chi connectivity index (χ0) is 20.2. The van der Waals surface area contributed by atoms with Gasteiger partial charge in [-0.3, -0.25) is 4.79 Å². The maximum Gasteiger partial charge on any atom is 0.344 e. The van der Waals surface area contributed by atoms with E-state index in [4.69, 9.17) is 4.74 Å². The van der Waals surface area contributed by atoms with Gasteiger partial charge in [0, 0.05) is 15.4 Å². The summed E-state index contributed by atoms with van der Waals surface area (Å²) in [5, 5.41) is 0. The molecule has 2 fully saturated rings. The van der Waals surface area contributed by atoms with Crippen LogP contribution in [0.2, 0.25) is 0 Å². The maximum absolute atomic E-state index is 12.6. The third kappa shape index (κ3) is 3.15. The van der Waals surface area contributed by atoms with E-state index in [1.807, 2.05) is 24.3 Å². The van der Waals surface area contributed by atoms with Crippen LogP contribution in [0.3, 0.4) is 0 Å². The van der Waals surface area contributed by atoms with Crippen molar-refractivity contribution in [3.8, 4) is 5.75 Å². The first-order valence-corrected chi connectivity index (χ1v) is 11.7. The van der Waals surface area contributed by atoms with Crippen LogP contribution in [0, 0.1) is 20.8 Å². The SMILES string of the molecule is CC12CCC3c4ccc(OC(=O)c5ccccc5I)cc4CCC3C1CCC2=O. The van der Waals surface area contributed by atoms with Crippen LogP contribution < -0.4 is 4.74 Å². The van der Waals surface area contributed by atoms with Crippen molar-refractivity contribution in [2.75, 3.05) is 0 Å². The van der Waals surface area contributed by atoms with Gasteiger partial charge in [0.05, 0.1) is 5.56 Å². The lowest BCUT2D eigenvalue weighted by molar-refractivity contribution is -0.129. The molecule has 0 spiro atoms. The Morgan fingerprint density at radius 1 is 1.10 bits per heavy atom. The van der Waals surface area contributed by atoms with Crippen LogP contribution in [0.1, 0.15) is 66.4 Å². The molecule has 0 radical (unpaired) electrons. The molecule has 0 aromatic heterocycles. The van der Waals surface area contributed by atoms with E-state index >= 15 is 0 Å². The van der Waals surface area contributed by atoms with Gasteiger partial charge in [0.25, 0.3) is 0 Å². The van der Waals surface area contributed by atoms with E-state index in [2.05, 4.69) is 41.6 Å². The Hall–Kier alpha value is -1.69. The average molecular weight is 500 g/mol. The molecular weight excluding hydrogens is 475 g/mol. The molecule has 4 unspecified atom stereocenters. The van der Waals surface area contributed by atoms with Gasteiger partial charge in [-0.1, -0.05) is 25.1 Å². The average Bonchev–Trinajstić information content (AvgIpc) is 3.02. The molecule has 0 aliphatic heterocycles. The number of carbonyl (C=O) groups is 2. The van der Waals surface area contributed by atoms with E-state index in [1.54, 1.807) is 6.07 Å². The monoisotopic (exact) mass is 500 g/mol.